The zero-order valence-corrected chi connectivity index (χ0v) is 15.4. The van der Waals surface area contributed by atoms with Gasteiger partial charge in [-0.15, -0.1) is 0 Å². The summed E-state index contributed by atoms with van der Waals surface area (Å²) in [6.07, 6.45) is 6.73. The predicted molar refractivity (Wildman–Crippen MR) is 101 cm³/mol. The monoisotopic (exact) mass is 362 g/mol. The lowest BCUT2D eigenvalue weighted by atomic mass is 9.95. The van der Waals surface area contributed by atoms with Gasteiger partial charge in [0.05, 0.1) is 6.54 Å². The topological polar surface area (TPSA) is 80.9 Å². The second kappa shape index (κ2) is 6.44. The molecule has 1 amide bonds. The number of oxazole rings is 1. The molecular weight excluding hydrogens is 340 g/mol. The van der Waals surface area contributed by atoms with E-state index in [1.165, 1.54) is 18.4 Å². The van der Waals surface area contributed by atoms with Gasteiger partial charge < -0.3 is 9.73 Å². The fourth-order valence-corrected chi connectivity index (χ4v) is 3.77. The van der Waals surface area contributed by atoms with E-state index in [9.17, 15) is 4.79 Å². The summed E-state index contributed by atoms with van der Waals surface area (Å²) in [5.74, 6) is 1.78. The predicted octanol–water partition coefficient (Wildman–Crippen LogP) is 3.61. The Labute approximate surface area is 157 Å². The number of carbonyl (C=O) groups excluding carboxylic acids is 1. The number of amides is 1. The van der Waals surface area contributed by atoms with Crippen LogP contribution in [0.3, 0.4) is 0 Å². The van der Waals surface area contributed by atoms with Gasteiger partial charge in [0.25, 0.3) is 5.91 Å². The number of hydrogen-bond donors (Lipinski definition) is 1. The number of fused-ring (bicyclic) bond motifs is 2. The molecule has 0 bridgehead atoms. The molecule has 1 aromatic carbocycles. The third kappa shape index (κ3) is 3.20. The van der Waals surface area contributed by atoms with Crippen LogP contribution in [-0.2, 0) is 19.4 Å². The van der Waals surface area contributed by atoms with Crippen LogP contribution in [0.1, 0.15) is 70.6 Å². The van der Waals surface area contributed by atoms with E-state index in [1.54, 1.807) is 12.1 Å². The normalized spacial score (nSPS) is 16.3. The fourth-order valence-electron chi connectivity index (χ4n) is 3.77. The van der Waals surface area contributed by atoms with Crippen molar-refractivity contribution >= 4 is 17.0 Å². The zero-order chi connectivity index (χ0) is 18.4. The molecule has 0 saturated heterocycles. The van der Waals surface area contributed by atoms with E-state index in [-0.39, 0.29) is 5.91 Å². The van der Waals surface area contributed by atoms with Gasteiger partial charge in [-0.1, -0.05) is 0 Å². The number of nitrogens with zero attached hydrogens (tertiary/aromatic N) is 3. The lowest BCUT2D eigenvalue weighted by Crippen LogP contribution is -2.25. The highest BCUT2D eigenvalue weighted by molar-refractivity contribution is 5.96. The Hall–Kier alpha value is -2.76. The van der Waals surface area contributed by atoms with Crippen LogP contribution in [-0.4, -0.2) is 20.9 Å². The third-order valence-electron chi connectivity index (χ3n) is 5.44. The first-order chi connectivity index (χ1) is 13.2. The Morgan fingerprint density at radius 1 is 1.19 bits per heavy atom. The van der Waals surface area contributed by atoms with E-state index >= 15 is 0 Å². The molecule has 0 spiro atoms. The van der Waals surface area contributed by atoms with Gasteiger partial charge >= 0.3 is 0 Å². The maximum absolute atomic E-state index is 12.6. The van der Waals surface area contributed by atoms with Crippen molar-refractivity contribution < 1.29 is 9.21 Å². The highest BCUT2D eigenvalue weighted by Gasteiger charge is 2.29. The second-order valence-corrected chi connectivity index (χ2v) is 7.55. The van der Waals surface area contributed by atoms with Crippen molar-refractivity contribution in [1.82, 2.24) is 20.3 Å². The van der Waals surface area contributed by atoms with Crippen LogP contribution >= 0.6 is 0 Å². The molecule has 5 rings (SSSR count). The minimum Gasteiger partial charge on any atom is -0.440 e. The van der Waals surface area contributed by atoms with Gasteiger partial charge in [0.2, 0.25) is 0 Å². The molecule has 6 heteroatoms. The second-order valence-electron chi connectivity index (χ2n) is 7.55. The lowest BCUT2D eigenvalue weighted by molar-refractivity contribution is 0.0950. The Kier molecular flexibility index (Phi) is 3.92. The van der Waals surface area contributed by atoms with Crippen molar-refractivity contribution in [3.8, 4) is 0 Å². The molecule has 0 unspecified atom stereocenters. The first kappa shape index (κ1) is 16.4. The molecule has 3 aromatic rings. The van der Waals surface area contributed by atoms with Crippen molar-refractivity contribution in [2.24, 2.45) is 0 Å². The maximum Gasteiger partial charge on any atom is 0.251 e. The molecular formula is C21H22N4O2. The van der Waals surface area contributed by atoms with Crippen molar-refractivity contribution in [2.45, 2.75) is 57.9 Å². The molecule has 27 heavy (non-hydrogen) atoms. The summed E-state index contributed by atoms with van der Waals surface area (Å²) in [7, 11) is 0. The molecule has 2 aromatic heterocycles. The molecule has 0 radical (unpaired) electrons. The van der Waals surface area contributed by atoms with E-state index in [0.29, 0.717) is 29.4 Å². The molecule has 1 fully saturated rings. The number of hydrogen-bond acceptors (Lipinski definition) is 5. The largest absolute Gasteiger partial charge is 0.440 e. The fraction of sp³-hybridized carbons (Fsp3) is 0.429. The average molecular weight is 362 g/mol. The van der Waals surface area contributed by atoms with Gasteiger partial charge in [-0.05, 0) is 69.2 Å². The van der Waals surface area contributed by atoms with Gasteiger partial charge in [0, 0.05) is 22.9 Å². The molecule has 6 nitrogen and oxygen atoms in total. The van der Waals surface area contributed by atoms with Crippen molar-refractivity contribution in [1.29, 1.82) is 0 Å². The van der Waals surface area contributed by atoms with Gasteiger partial charge in [0.15, 0.2) is 11.5 Å². The highest BCUT2D eigenvalue weighted by atomic mass is 16.3. The Morgan fingerprint density at radius 2 is 2.04 bits per heavy atom. The molecule has 1 N–H and O–H groups in total. The van der Waals surface area contributed by atoms with Gasteiger partial charge in [-0.25, -0.2) is 15.0 Å². The summed E-state index contributed by atoms with van der Waals surface area (Å²) in [5.41, 5.74) is 5.52. The van der Waals surface area contributed by atoms with Crippen LogP contribution < -0.4 is 5.32 Å². The van der Waals surface area contributed by atoms with Crippen LogP contribution in [0.4, 0.5) is 0 Å². The maximum atomic E-state index is 12.6. The molecule has 1 saturated carbocycles. The standard InChI is InChI=1S/C21H22N4O2/c1-12-15-4-2-3-5-16(15)24-19(23-12)11-22-20(26)14-8-9-17-18(10-14)27-21(25-17)13-6-7-13/h8-10,13H,2-7,11H2,1H3,(H,22,26). The summed E-state index contributed by atoms with van der Waals surface area (Å²) in [5, 5.41) is 2.93. The number of aryl methyl sites for hydroxylation is 2. The molecule has 2 aliphatic carbocycles. The Morgan fingerprint density at radius 3 is 2.89 bits per heavy atom. The summed E-state index contributed by atoms with van der Waals surface area (Å²) in [6.45, 7) is 2.36. The average Bonchev–Trinajstić information content (AvgIpc) is 3.45. The van der Waals surface area contributed by atoms with Crippen LogP contribution in [0.15, 0.2) is 22.6 Å². The first-order valence-electron chi connectivity index (χ1n) is 9.71. The smallest absolute Gasteiger partial charge is 0.251 e. The molecule has 0 aliphatic heterocycles. The van der Waals surface area contributed by atoms with Crippen LogP contribution in [0.25, 0.3) is 11.1 Å². The van der Waals surface area contributed by atoms with Crippen molar-refractivity contribution in [3.05, 3.63) is 52.4 Å². The minimum atomic E-state index is -0.153. The van der Waals surface area contributed by atoms with E-state index < -0.39 is 0 Å². The summed E-state index contributed by atoms with van der Waals surface area (Å²) in [6, 6.07) is 5.40. The summed E-state index contributed by atoms with van der Waals surface area (Å²) in [4.78, 5) is 26.3. The van der Waals surface area contributed by atoms with Gasteiger partial charge in [-0.3, -0.25) is 4.79 Å². The Bertz CT molecular complexity index is 1040. The van der Waals surface area contributed by atoms with E-state index in [2.05, 4.69) is 20.3 Å². The first-order valence-corrected chi connectivity index (χ1v) is 9.71. The zero-order valence-electron chi connectivity index (χ0n) is 15.4. The minimum absolute atomic E-state index is 0.153. The van der Waals surface area contributed by atoms with Gasteiger partial charge in [0.1, 0.15) is 11.3 Å². The van der Waals surface area contributed by atoms with Crippen molar-refractivity contribution in [3.63, 3.8) is 0 Å². The Balaban J connectivity index is 1.31. The molecule has 2 aliphatic rings. The van der Waals surface area contributed by atoms with E-state index in [0.717, 1.165) is 48.5 Å². The SMILES string of the molecule is Cc1nc(CNC(=O)c2ccc3nc(C4CC4)oc3c2)nc2c1CCCC2. The number of nitrogens with one attached hydrogen (secondary N) is 1. The number of aromatic nitrogens is 3. The summed E-state index contributed by atoms with van der Waals surface area (Å²) >= 11 is 0. The van der Waals surface area contributed by atoms with Crippen LogP contribution in [0.2, 0.25) is 0 Å². The molecule has 138 valence electrons. The lowest BCUT2D eigenvalue weighted by Gasteiger charge is -2.17. The van der Waals surface area contributed by atoms with Crippen molar-refractivity contribution in [2.75, 3.05) is 0 Å². The van der Waals surface area contributed by atoms with Crippen LogP contribution in [0.5, 0.6) is 0 Å². The van der Waals surface area contributed by atoms with Gasteiger partial charge in [-0.2, -0.15) is 0 Å². The number of carbonyl (C=O) groups is 1. The van der Waals surface area contributed by atoms with Crippen LogP contribution in [0, 0.1) is 6.92 Å². The number of benzene rings is 1. The molecule has 0 atom stereocenters. The van der Waals surface area contributed by atoms with E-state index in [4.69, 9.17) is 4.42 Å². The quantitative estimate of drug-likeness (QED) is 0.767. The number of rotatable bonds is 4. The highest BCUT2D eigenvalue weighted by Crippen LogP contribution is 2.40. The third-order valence-corrected chi connectivity index (χ3v) is 5.44. The van der Waals surface area contributed by atoms with E-state index in [1.807, 2.05) is 13.0 Å². The molecule has 2 heterocycles. The summed E-state index contributed by atoms with van der Waals surface area (Å²) < 4.78 is 5.81.